The standard InChI is InChI=1S/C34H45N/c1-6-16-28-24-31(25(4)8-3)34(30(17-7-2)33(28)27-18-11-9-12-19-27)29-20-15-21-32(26(29)5)35-22-13-10-14-23-35/h9,11-12,15,18-21,24-25H,6-8,10,13-14,16-17,22-23H2,1-5H3. The molecule has 1 heteroatoms. The van der Waals surface area contributed by atoms with Gasteiger partial charge in [0, 0.05) is 18.8 Å². The van der Waals surface area contributed by atoms with Gasteiger partial charge in [-0.2, -0.15) is 0 Å². The SMILES string of the molecule is CCCc1cc(C(C)CC)c(-c2cccc(N3CCCCC3)c2C)c(CCC)c1-c1ccccc1. The van der Waals surface area contributed by atoms with Gasteiger partial charge in [-0.1, -0.05) is 89.1 Å². The number of piperidine rings is 1. The lowest BCUT2D eigenvalue weighted by Crippen LogP contribution is -2.30. The Balaban J connectivity index is 2.03. The van der Waals surface area contributed by atoms with Crippen LogP contribution in [-0.4, -0.2) is 13.1 Å². The zero-order chi connectivity index (χ0) is 24.8. The van der Waals surface area contributed by atoms with Gasteiger partial charge in [0.25, 0.3) is 0 Å². The zero-order valence-corrected chi connectivity index (χ0v) is 22.8. The minimum absolute atomic E-state index is 0.541. The fourth-order valence-corrected chi connectivity index (χ4v) is 6.05. The zero-order valence-electron chi connectivity index (χ0n) is 22.8. The van der Waals surface area contributed by atoms with Gasteiger partial charge in [0.15, 0.2) is 0 Å². The van der Waals surface area contributed by atoms with E-state index in [0.717, 1.165) is 19.3 Å². The summed E-state index contributed by atoms with van der Waals surface area (Å²) in [7, 11) is 0. The van der Waals surface area contributed by atoms with E-state index in [1.165, 1.54) is 84.3 Å². The Morgan fingerprint density at radius 2 is 1.51 bits per heavy atom. The highest BCUT2D eigenvalue weighted by molar-refractivity contribution is 5.86. The molecule has 1 saturated heterocycles. The van der Waals surface area contributed by atoms with Gasteiger partial charge in [-0.15, -0.1) is 0 Å². The summed E-state index contributed by atoms with van der Waals surface area (Å²) >= 11 is 0. The molecule has 0 N–H and O–H groups in total. The molecule has 0 aliphatic carbocycles. The molecule has 3 aromatic carbocycles. The van der Waals surface area contributed by atoms with Crippen molar-refractivity contribution in [3.05, 3.63) is 76.9 Å². The lowest BCUT2D eigenvalue weighted by Gasteiger charge is -2.32. The van der Waals surface area contributed by atoms with Crippen LogP contribution in [0.1, 0.15) is 94.4 Å². The van der Waals surface area contributed by atoms with Crippen molar-refractivity contribution < 1.29 is 0 Å². The first-order valence-corrected chi connectivity index (χ1v) is 14.2. The second kappa shape index (κ2) is 11.9. The average Bonchev–Trinajstić information content (AvgIpc) is 2.90. The third-order valence-electron chi connectivity index (χ3n) is 8.04. The van der Waals surface area contributed by atoms with E-state index in [9.17, 15) is 0 Å². The summed E-state index contributed by atoms with van der Waals surface area (Å²) < 4.78 is 0. The van der Waals surface area contributed by atoms with Gasteiger partial charge in [-0.25, -0.2) is 0 Å². The lowest BCUT2D eigenvalue weighted by molar-refractivity contribution is 0.577. The highest BCUT2D eigenvalue weighted by Gasteiger charge is 2.24. The van der Waals surface area contributed by atoms with Gasteiger partial charge in [0.05, 0.1) is 0 Å². The van der Waals surface area contributed by atoms with Crippen LogP contribution in [0.2, 0.25) is 0 Å². The molecule has 186 valence electrons. The molecule has 1 aliphatic rings. The topological polar surface area (TPSA) is 3.24 Å². The van der Waals surface area contributed by atoms with E-state index in [1.807, 2.05) is 0 Å². The minimum Gasteiger partial charge on any atom is -0.371 e. The summed E-state index contributed by atoms with van der Waals surface area (Å²) in [4.78, 5) is 2.63. The smallest absolute Gasteiger partial charge is 0.0402 e. The Morgan fingerprint density at radius 1 is 0.800 bits per heavy atom. The minimum atomic E-state index is 0.541. The van der Waals surface area contributed by atoms with Crippen molar-refractivity contribution in [3.63, 3.8) is 0 Å². The first-order valence-electron chi connectivity index (χ1n) is 14.2. The predicted molar refractivity (Wildman–Crippen MR) is 155 cm³/mol. The summed E-state index contributed by atoms with van der Waals surface area (Å²) in [5.41, 5.74) is 13.4. The molecule has 35 heavy (non-hydrogen) atoms. The van der Waals surface area contributed by atoms with E-state index >= 15 is 0 Å². The lowest BCUT2D eigenvalue weighted by atomic mass is 9.78. The number of hydrogen-bond donors (Lipinski definition) is 0. The van der Waals surface area contributed by atoms with Gasteiger partial charge < -0.3 is 4.90 Å². The highest BCUT2D eigenvalue weighted by atomic mass is 15.1. The van der Waals surface area contributed by atoms with Crippen LogP contribution in [0.4, 0.5) is 5.69 Å². The third kappa shape index (κ3) is 5.35. The fraction of sp³-hybridized carbons (Fsp3) is 0.471. The molecule has 1 aliphatic heterocycles. The third-order valence-corrected chi connectivity index (χ3v) is 8.04. The Labute approximate surface area is 214 Å². The largest absolute Gasteiger partial charge is 0.371 e. The van der Waals surface area contributed by atoms with Gasteiger partial charge in [0.1, 0.15) is 0 Å². The van der Waals surface area contributed by atoms with Crippen molar-refractivity contribution in [1.29, 1.82) is 0 Å². The number of hydrogen-bond acceptors (Lipinski definition) is 1. The van der Waals surface area contributed by atoms with Crippen LogP contribution < -0.4 is 4.90 Å². The van der Waals surface area contributed by atoms with Crippen molar-refractivity contribution in [2.24, 2.45) is 0 Å². The van der Waals surface area contributed by atoms with E-state index in [4.69, 9.17) is 0 Å². The second-order valence-electron chi connectivity index (χ2n) is 10.5. The number of anilines is 1. The maximum Gasteiger partial charge on any atom is 0.0402 e. The molecule has 1 unspecified atom stereocenters. The van der Waals surface area contributed by atoms with Crippen molar-refractivity contribution in [2.45, 2.75) is 91.9 Å². The van der Waals surface area contributed by atoms with E-state index in [1.54, 1.807) is 11.1 Å². The number of rotatable bonds is 9. The summed E-state index contributed by atoms with van der Waals surface area (Å²) in [6.45, 7) is 14.2. The van der Waals surface area contributed by atoms with Crippen molar-refractivity contribution >= 4 is 5.69 Å². The molecule has 0 saturated carbocycles. The number of aryl methyl sites for hydroxylation is 1. The molecular formula is C34H45N. The molecule has 1 heterocycles. The van der Waals surface area contributed by atoms with Crippen LogP contribution in [0, 0.1) is 6.92 Å². The Hall–Kier alpha value is -2.54. The highest BCUT2D eigenvalue weighted by Crippen LogP contribution is 2.44. The Kier molecular flexibility index (Phi) is 8.71. The van der Waals surface area contributed by atoms with Crippen molar-refractivity contribution in [3.8, 4) is 22.3 Å². The molecule has 3 aromatic rings. The quantitative estimate of drug-likeness (QED) is 0.303. The number of nitrogens with zero attached hydrogens (tertiary/aromatic N) is 1. The molecule has 0 amide bonds. The van der Waals surface area contributed by atoms with Gasteiger partial charge in [0.2, 0.25) is 0 Å². The molecule has 0 bridgehead atoms. The summed E-state index contributed by atoms with van der Waals surface area (Å²) in [6.07, 6.45) is 9.75. The first kappa shape index (κ1) is 25.5. The van der Waals surface area contributed by atoms with Crippen LogP contribution in [0.3, 0.4) is 0 Å². The van der Waals surface area contributed by atoms with Crippen molar-refractivity contribution in [1.82, 2.24) is 0 Å². The molecule has 0 spiro atoms. The fourth-order valence-electron chi connectivity index (χ4n) is 6.05. The van der Waals surface area contributed by atoms with Crippen LogP contribution in [-0.2, 0) is 12.8 Å². The van der Waals surface area contributed by atoms with Crippen molar-refractivity contribution in [2.75, 3.05) is 18.0 Å². The van der Waals surface area contributed by atoms with Crippen LogP contribution in [0.5, 0.6) is 0 Å². The molecular weight excluding hydrogens is 422 g/mol. The maximum atomic E-state index is 2.63. The van der Waals surface area contributed by atoms with Crippen LogP contribution >= 0.6 is 0 Å². The van der Waals surface area contributed by atoms with Crippen LogP contribution in [0.15, 0.2) is 54.6 Å². The second-order valence-corrected chi connectivity index (χ2v) is 10.5. The maximum absolute atomic E-state index is 2.63. The van der Waals surface area contributed by atoms with E-state index < -0.39 is 0 Å². The molecule has 0 aromatic heterocycles. The monoisotopic (exact) mass is 467 g/mol. The van der Waals surface area contributed by atoms with Gasteiger partial charge in [-0.05, 0) is 102 Å². The van der Waals surface area contributed by atoms with Gasteiger partial charge >= 0.3 is 0 Å². The van der Waals surface area contributed by atoms with E-state index in [2.05, 4.69) is 94.1 Å². The molecule has 1 atom stereocenters. The van der Waals surface area contributed by atoms with E-state index in [-0.39, 0.29) is 0 Å². The molecule has 1 nitrogen and oxygen atoms in total. The first-order chi connectivity index (χ1) is 17.1. The van der Waals surface area contributed by atoms with Crippen LogP contribution in [0.25, 0.3) is 22.3 Å². The predicted octanol–water partition coefficient (Wildman–Crippen LogP) is 9.74. The normalized spacial score (nSPS) is 14.8. The average molecular weight is 468 g/mol. The summed E-state index contributed by atoms with van der Waals surface area (Å²) in [5, 5.41) is 0. The Morgan fingerprint density at radius 3 is 2.17 bits per heavy atom. The summed E-state index contributed by atoms with van der Waals surface area (Å²) in [5.74, 6) is 0.541. The van der Waals surface area contributed by atoms with E-state index in [0.29, 0.717) is 5.92 Å². The molecule has 4 rings (SSSR count). The molecule has 1 fully saturated rings. The Bertz CT molecular complexity index is 1110. The summed E-state index contributed by atoms with van der Waals surface area (Å²) in [6, 6.07) is 20.8. The molecule has 0 radical (unpaired) electrons. The number of benzene rings is 3. The van der Waals surface area contributed by atoms with Gasteiger partial charge in [-0.3, -0.25) is 0 Å².